The quantitative estimate of drug-likeness (QED) is 0.836. The minimum atomic E-state index is -0.854. The van der Waals surface area contributed by atoms with E-state index in [4.69, 9.17) is 5.11 Å². The number of aliphatic carboxylic acids is 1. The molecule has 1 aromatic carbocycles. The summed E-state index contributed by atoms with van der Waals surface area (Å²) in [7, 11) is 0. The molecule has 1 amide bonds. The SMILES string of the molecule is CCC(C)C(C)C(=O)Nc1ccc(C(C)C(=O)O)cc1. The molecule has 20 heavy (non-hydrogen) atoms. The Morgan fingerprint density at radius 1 is 1.15 bits per heavy atom. The first kappa shape index (κ1) is 16.2. The molecule has 0 aliphatic carbocycles. The second kappa shape index (κ2) is 7.08. The Kier molecular flexibility index (Phi) is 5.74. The summed E-state index contributed by atoms with van der Waals surface area (Å²) in [5.74, 6) is -1.11. The van der Waals surface area contributed by atoms with Crippen LogP contribution in [0.1, 0.15) is 45.6 Å². The summed E-state index contributed by atoms with van der Waals surface area (Å²) in [6.45, 7) is 7.68. The molecule has 0 fully saturated rings. The van der Waals surface area contributed by atoms with Gasteiger partial charge in [0.15, 0.2) is 0 Å². The van der Waals surface area contributed by atoms with Crippen LogP contribution in [0.25, 0.3) is 0 Å². The summed E-state index contributed by atoms with van der Waals surface area (Å²) in [5.41, 5.74) is 1.43. The predicted molar refractivity (Wildman–Crippen MR) is 79.7 cm³/mol. The molecule has 0 saturated heterocycles. The topological polar surface area (TPSA) is 66.4 Å². The molecule has 110 valence electrons. The number of anilines is 1. The third-order valence-corrected chi connectivity index (χ3v) is 3.96. The Morgan fingerprint density at radius 3 is 2.15 bits per heavy atom. The number of benzene rings is 1. The molecule has 1 rings (SSSR count). The Labute approximate surface area is 120 Å². The summed E-state index contributed by atoms with van der Waals surface area (Å²) in [5, 5.41) is 11.8. The van der Waals surface area contributed by atoms with Crippen LogP contribution < -0.4 is 5.32 Å². The number of amides is 1. The molecule has 0 saturated carbocycles. The van der Waals surface area contributed by atoms with Gasteiger partial charge in [0.2, 0.25) is 5.91 Å². The van der Waals surface area contributed by atoms with Gasteiger partial charge in [-0.2, -0.15) is 0 Å². The summed E-state index contributed by atoms with van der Waals surface area (Å²) in [6.07, 6.45) is 0.962. The summed E-state index contributed by atoms with van der Waals surface area (Å²) in [6, 6.07) is 6.97. The Bertz CT molecular complexity index is 467. The van der Waals surface area contributed by atoms with E-state index < -0.39 is 11.9 Å². The fraction of sp³-hybridized carbons (Fsp3) is 0.500. The van der Waals surface area contributed by atoms with Crippen molar-refractivity contribution in [3.05, 3.63) is 29.8 Å². The molecular formula is C16H23NO3. The lowest BCUT2D eigenvalue weighted by Crippen LogP contribution is -2.25. The first-order valence-electron chi connectivity index (χ1n) is 7.00. The molecule has 2 N–H and O–H groups in total. The second-order valence-electron chi connectivity index (χ2n) is 5.35. The highest BCUT2D eigenvalue weighted by molar-refractivity contribution is 5.92. The standard InChI is InChI=1S/C16H23NO3/c1-5-10(2)11(3)15(18)17-14-8-6-13(7-9-14)12(4)16(19)20/h6-12H,5H2,1-4H3,(H,17,18)(H,19,20). The lowest BCUT2D eigenvalue weighted by atomic mass is 9.93. The van der Waals surface area contributed by atoms with E-state index in [2.05, 4.69) is 19.2 Å². The highest BCUT2D eigenvalue weighted by atomic mass is 16.4. The van der Waals surface area contributed by atoms with Crippen molar-refractivity contribution in [3.8, 4) is 0 Å². The van der Waals surface area contributed by atoms with E-state index >= 15 is 0 Å². The van der Waals surface area contributed by atoms with E-state index in [0.29, 0.717) is 11.6 Å². The zero-order valence-electron chi connectivity index (χ0n) is 12.5. The maximum atomic E-state index is 12.0. The number of carbonyl (C=O) groups excluding carboxylic acids is 1. The normalized spacial score (nSPS) is 15.2. The first-order valence-corrected chi connectivity index (χ1v) is 7.00. The lowest BCUT2D eigenvalue weighted by molar-refractivity contribution is -0.138. The molecule has 0 aliphatic rings. The van der Waals surface area contributed by atoms with Crippen molar-refractivity contribution >= 4 is 17.6 Å². The molecule has 0 bridgehead atoms. The molecule has 0 radical (unpaired) electrons. The molecule has 3 unspecified atom stereocenters. The number of carboxylic acids is 1. The van der Waals surface area contributed by atoms with Gasteiger partial charge in [0, 0.05) is 11.6 Å². The highest BCUT2D eigenvalue weighted by Crippen LogP contribution is 2.20. The lowest BCUT2D eigenvalue weighted by Gasteiger charge is -2.18. The Balaban J connectivity index is 2.71. The van der Waals surface area contributed by atoms with Gasteiger partial charge in [0.1, 0.15) is 0 Å². The summed E-state index contributed by atoms with van der Waals surface area (Å²) in [4.78, 5) is 22.9. The number of nitrogens with one attached hydrogen (secondary N) is 1. The highest BCUT2D eigenvalue weighted by Gasteiger charge is 2.19. The maximum Gasteiger partial charge on any atom is 0.310 e. The minimum Gasteiger partial charge on any atom is -0.481 e. The van der Waals surface area contributed by atoms with Gasteiger partial charge in [-0.25, -0.2) is 0 Å². The van der Waals surface area contributed by atoms with E-state index in [9.17, 15) is 9.59 Å². The van der Waals surface area contributed by atoms with Crippen LogP contribution in [0, 0.1) is 11.8 Å². The fourth-order valence-corrected chi connectivity index (χ4v) is 1.87. The van der Waals surface area contributed by atoms with Crippen LogP contribution in [-0.2, 0) is 9.59 Å². The van der Waals surface area contributed by atoms with Crippen LogP contribution in [0.2, 0.25) is 0 Å². The fourth-order valence-electron chi connectivity index (χ4n) is 1.87. The molecule has 0 aromatic heterocycles. The number of carbonyl (C=O) groups is 2. The first-order chi connectivity index (χ1) is 9.36. The molecular weight excluding hydrogens is 254 g/mol. The Morgan fingerprint density at radius 2 is 1.70 bits per heavy atom. The predicted octanol–water partition coefficient (Wildman–Crippen LogP) is 3.50. The van der Waals surface area contributed by atoms with Gasteiger partial charge in [-0.3, -0.25) is 9.59 Å². The average molecular weight is 277 g/mol. The number of rotatable bonds is 6. The molecule has 3 atom stereocenters. The monoisotopic (exact) mass is 277 g/mol. The van der Waals surface area contributed by atoms with Gasteiger partial charge in [0.25, 0.3) is 0 Å². The van der Waals surface area contributed by atoms with Crippen LogP contribution in [0.15, 0.2) is 24.3 Å². The second-order valence-corrected chi connectivity index (χ2v) is 5.35. The molecule has 4 nitrogen and oxygen atoms in total. The van der Waals surface area contributed by atoms with E-state index in [-0.39, 0.29) is 11.8 Å². The van der Waals surface area contributed by atoms with Crippen molar-refractivity contribution in [2.75, 3.05) is 5.32 Å². The summed E-state index contributed by atoms with van der Waals surface area (Å²) >= 11 is 0. The maximum absolute atomic E-state index is 12.0. The van der Waals surface area contributed by atoms with Crippen LogP contribution >= 0.6 is 0 Å². The molecule has 4 heteroatoms. The van der Waals surface area contributed by atoms with E-state index in [1.165, 1.54) is 0 Å². The number of hydrogen-bond acceptors (Lipinski definition) is 2. The van der Waals surface area contributed by atoms with Gasteiger partial charge >= 0.3 is 5.97 Å². The van der Waals surface area contributed by atoms with Gasteiger partial charge in [-0.05, 0) is 30.5 Å². The van der Waals surface area contributed by atoms with Crippen molar-refractivity contribution in [2.45, 2.75) is 40.0 Å². The van der Waals surface area contributed by atoms with Gasteiger partial charge in [-0.15, -0.1) is 0 Å². The zero-order chi connectivity index (χ0) is 15.3. The minimum absolute atomic E-state index is 0.00150. The van der Waals surface area contributed by atoms with E-state index in [1.807, 2.05) is 6.92 Å². The van der Waals surface area contributed by atoms with E-state index in [1.54, 1.807) is 31.2 Å². The number of hydrogen-bond donors (Lipinski definition) is 2. The van der Waals surface area contributed by atoms with Crippen molar-refractivity contribution in [2.24, 2.45) is 11.8 Å². The van der Waals surface area contributed by atoms with E-state index in [0.717, 1.165) is 12.0 Å². The largest absolute Gasteiger partial charge is 0.481 e. The van der Waals surface area contributed by atoms with Crippen molar-refractivity contribution in [1.82, 2.24) is 0 Å². The summed E-state index contributed by atoms with van der Waals surface area (Å²) < 4.78 is 0. The number of carboxylic acid groups (broad SMARTS) is 1. The average Bonchev–Trinajstić information content (AvgIpc) is 2.45. The van der Waals surface area contributed by atoms with Crippen LogP contribution in [0.5, 0.6) is 0 Å². The van der Waals surface area contributed by atoms with Gasteiger partial charge in [-0.1, -0.05) is 39.3 Å². The van der Waals surface area contributed by atoms with Gasteiger partial charge < -0.3 is 10.4 Å². The molecule has 1 aromatic rings. The van der Waals surface area contributed by atoms with Crippen molar-refractivity contribution < 1.29 is 14.7 Å². The Hall–Kier alpha value is -1.84. The van der Waals surface area contributed by atoms with Gasteiger partial charge in [0.05, 0.1) is 5.92 Å². The third-order valence-electron chi connectivity index (χ3n) is 3.96. The van der Waals surface area contributed by atoms with Crippen molar-refractivity contribution in [3.63, 3.8) is 0 Å². The molecule has 0 aliphatic heterocycles. The molecule has 0 heterocycles. The van der Waals surface area contributed by atoms with Crippen LogP contribution in [0.3, 0.4) is 0 Å². The van der Waals surface area contributed by atoms with Crippen LogP contribution in [-0.4, -0.2) is 17.0 Å². The zero-order valence-corrected chi connectivity index (χ0v) is 12.5. The molecule has 0 spiro atoms. The third kappa shape index (κ3) is 4.08. The van der Waals surface area contributed by atoms with Crippen LogP contribution in [0.4, 0.5) is 5.69 Å². The van der Waals surface area contributed by atoms with Crippen molar-refractivity contribution in [1.29, 1.82) is 0 Å². The smallest absolute Gasteiger partial charge is 0.310 e.